The van der Waals surface area contributed by atoms with Gasteiger partial charge in [0, 0.05) is 0 Å². The lowest BCUT2D eigenvalue weighted by Gasteiger charge is -2.50. The Balaban J connectivity index is 1.17. The molecule has 0 amide bonds. The molecule has 0 aliphatic heterocycles. The molecule has 4 aromatic rings. The summed E-state index contributed by atoms with van der Waals surface area (Å²) in [6.07, 6.45) is 22.8. The first kappa shape index (κ1) is 34.6. The average Bonchev–Trinajstić information content (AvgIpc) is 3.21. The third kappa shape index (κ3) is 7.22. The Hall–Kier alpha value is -3.12. The zero-order valence-corrected chi connectivity index (χ0v) is 31.8. The van der Waals surface area contributed by atoms with Crippen LogP contribution in [0, 0.1) is 47.3 Å². The molecule has 9 rings (SSSR count). The van der Waals surface area contributed by atoms with Crippen LogP contribution in [0.4, 0.5) is 0 Å². The Morgan fingerprint density at radius 2 is 0.404 bits per heavy atom. The molecule has 0 nitrogen and oxygen atoms in total. The molecule has 0 saturated heterocycles. The Bertz CT molecular complexity index is 1370. The van der Waals surface area contributed by atoms with Gasteiger partial charge in [0.25, 0.3) is 0 Å². The fourth-order valence-corrected chi connectivity index (χ4v) is 14.1. The molecule has 5 aliphatic carbocycles. The lowest BCUT2D eigenvalue weighted by Crippen LogP contribution is -2.38. The van der Waals surface area contributed by atoms with E-state index in [9.17, 15) is 0 Å². The van der Waals surface area contributed by atoms with Crippen molar-refractivity contribution in [3.05, 3.63) is 144 Å². The van der Waals surface area contributed by atoms with E-state index in [-0.39, 0.29) is 0 Å². The quantitative estimate of drug-likeness (QED) is 0.200. The predicted molar refractivity (Wildman–Crippen MR) is 219 cm³/mol. The minimum Gasteiger partial charge on any atom is -0.0622 e. The zero-order chi connectivity index (χ0) is 34.7. The van der Waals surface area contributed by atoms with E-state index in [2.05, 4.69) is 121 Å². The van der Waals surface area contributed by atoms with Gasteiger partial charge in [0.15, 0.2) is 0 Å². The van der Waals surface area contributed by atoms with Gasteiger partial charge in [0.2, 0.25) is 0 Å². The van der Waals surface area contributed by atoms with E-state index in [0.717, 1.165) is 47.3 Å². The Kier molecular flexibility index (Phi) is 10.7. The predicted octanol–water partition coefficient (Wildman–Crippen LogP) is 14.4. The number of rotatable bonds is 4. The van der Waals surface area contributed by atoms with Gasteiger partial charge in [0.1, 0.15) is 0 Å². The molecule has 8 atom stereocenters. The fraction of sp³-hybridized carbons (Fsp3) is 0.538. The number of fused-ring (bicyclic) bond motifs is 8. The Morgan fingerprint density at radius 3 is 0.577 bits per heavy atom. The second-order valence-electron chi connectivity index (χ2n) is 18.5. The summed E-state index contributed by atoms with van der Waals surface area (Å²) in [5, 5.41) is 0. The second kappa shape index (κ2) is 16.1. The molecule has 0 N–H and O–H groups in total. The highest BCUT2D eigenvalue weighted by molar-refractivity contribution is 5.28. The van der Waals surface area contributed by atoms with Crippen LogP contribution in [0.15, 0.2) is 121 Å². The molecule has 8 unspecified atom stereocenters. The third-order valence-electron chi connectivity index (χ3n) is 15.8. The van der Waals surface area contributed by atoms with Crippen molar-refractivity contribution in [2.75, 3.05) is 0 Å². The molecule has 5 aliphatic rings. The van der Waals surface area contributed by atoms with Crippen LogP contribution in [-0.4, -0.2) is 0 Å². The van der Waals surface area contributed by atoms with Crippen molar-refractivity contribution < 1.29 is 0 Å². The van der Waals surface area contributed by atoms with Crippen molar-refractivity contribution in [3.8, 4) is 0 Å². The van der Waals surface area contributed by atoms with Gasteiger partial charge >= 0.3 is 0 Å². The summed E-state index contributed by atoms with van der Waals surface area (Å²) >= 11 is 0. The molecule has 5 saturated carbocycles. The molecule has 8 bridgehead atoms. The number of hydrogen-bond donors (Lipinski definition) is 0. The smallest absolute Gasteiger partial charge is 0.0105 e. The van der Waals surface area contributed by atoms with Gasteiger partial charge in [-0.3, -0.25) is 0 Å². The molecule has 52 heavy (non-hydrogen) atoms. The molecule has 4 aromatic carbocycles. The van der Waals surface area contributed by atoms with Crippen LogP contribution in [0.5, 0.6) is 0 Å². The van der Waals surface area contributed by atoms with Gasteiger partial charge in [0.05, 0.1) is 0 Å². The average molecular weight is 689 g/mol. The standard InChI is InChI=1S/C52H64/c1-5-17-37(18-6-1)49-41-25-13-27-43(33-41)50(38-19-7-2-8-20-38)45-29-15-31-47(35-45)52(40-23-11-4-12-24-40)48-32-16-30-46(36-48)51(39-21-9-3-10-22-39)44-28-14-26-42(49)34-44/h1-12,17-24,41-52H,13-16,25-36H2. The maximum Gasteiger partial charge on any atom is -0.0105 e. The summed E-state index contributed by atoms with van der Waals surface area (Å²) < 4.78 is 0. The minimum atomic E-state index is 0.702. The zero-order valence-electron chi connectivity index (χ0n) is 31.8. The third-order valence-corrected chi connectivity index (χ3v) is 15.8. The van der Waals surface area contributed by atoms with Gasteiger partial charge in [-0.1, -0.05) is 147 Å². The summed E-state index contributed by atoms with van der Waals surface area (Å²) in [7, 11) is 0. The van der Waals surface area contributed by atoms with Crippen molar-refractivity contribution in [2.45, 2.75) is 126 Å². The Labute approximate surface area is 316 Å². The van der Waals surface area contributed by atoms with Gasteiger partial charge < -0.3 is 0 Å². The van der Waals surface area contributed by atoms with E-state index in [1.54, 1.807) is 22.3 Å². The van der Waals surface area contributed by atoms with Crippen LogP contribution in [-0.2, 0) is 0 Å². The van der Waals surface area contributed by atoms with Gasteiger partial charge in [-0.25, -0.2) is 0 Å². The molecule has 0 spiro atoms. The summed E-state index contributed by atoms with van der Waals surface area (Å²) in [5.74, 6) is 9.21. The number of benzene rings is 4. The van der Waals surface area contributed by atoms with E-state index >= 15 is 0 Å². The van der Waals surface area contributed by atoms with E-state index in [1.165, 1.54) is 103 Å². The molecule has 272 valence electrons. The fourth-order valence-electron chi connectivity index (χ4n) is 14.1. The summed E-state index contributed by atoms with van der Waals surface area (Å²) in [4.78, 5) is 0. The number of hydrogen-bond acceptors (Lipinski definition) is 0. The lowest BCUT2D eigenvalue weighted by molar-refractivity contribution is 0.0725. The van der Waals surface area contributed by atoms with E-state index in [1.807, 2.05) is 0 Å². The normalized spacial score (nSPS) is 36.8. The molecule has 0 heteroatoms. The molecular formula is C52H64. The monoisotopic (exact) mass is 689 g/mol. The van der Waals surface area contributed by atoms with Crippen molar-refractivity contribution in [3.63, 3.8) is 0 Å². The molecule has 5 fully saturated rings. The van der Waals surface area contributed by atoms with Crippen LogP contribution in [0.2, 0.25) is 0 Å². The summed E-state index contributed by atoms with van der Waals surface area (Å²) in [6, 6.07) is 48.0. The first-order chi connectivity index (χ1) is 25.8. The highest BCUT2D eigenvalue weighted by atomic mass is 14.5. The van der Waals surface area contributed by atoms with Crippen LogP contribution < -0.4 is 0 Å². The highest BCUT2D eigenvalue weighted by Crippen LogP contribution is 2.58. The second-order valence-corrected chi connectivity index (χ2v) is 18.5. The van der Waals surface area contributed by atoms with Crippen molar-refractivity contribution in [2.24, 2.45) is 47.3 Å². The van der Waals surface area contributed by atoms with E-state index in [4.69, 9.17) is 0 Å². The summed E-state index contributed by atoms with van der Waals surface area (Å²) in [5.41, 5.74) is 6.64. The SMILES string of the molecule is c1ccc(C2C3CCCC(C3)C(c3ccccc3)C3CCCC(C3)C(c3ccccc3)C3CCCC(C3)C(c3ccccc3)C3CCCC2C3)cc1. The van der Waals surface area contributed by atoms with Crippen LogP contribution in [0.3, 0.4) is 0 Å². The maximum atomic E-state index is 2.53. The van der Waals surface area contributed by atoms with Gasteiger partial charge in [-0.15, -0.1) is 0 Å². The largest absolute Gasteiger partial charge is 0.0622 e. The van der Waals surface area contributed by atoms with E-state index < -0.39 is 0 Å². The highest BCUT2D eigenvalue weighted by Gasteiger charge is 2.46. The topological polar surface area (TPSA) is 0 Å². The van der Waals surface area contributed by atoms with Crippen LogP contribution >= 0.6 is 0 Å². The molecule has 0 aromatic heterocycles. The van der Waals surface area contributed by atoms with Gasteiger partial charge in [-0.2, -0.15) is 0 Å². The lowest BCUT2D eigenvalue weighted by atomic mass is 9.55. The van der Waals surface area contributed by atoms with Gasteiger partial charge in [-0.05, 0) is 170 Å². The van der Waals surface area contributed by atoms with Crippen LogP contribution in [0.1, 0.15) is 149 Å². The molecular weight excluding hydrogens is 625 g/mol. The Morgan fingerprint density at radius 1 is 0.231 bits per heavy atom. The molecule has 0 radical (unpaired) electrons. The molecule has 0 heterocycles. The van der Waals surface area contributed by atoms with Crippen molar-refractivity contribution in [1.29, 1.82) is 0 Å². The van der Waals surface area contributed by atoms with Crippen molar-refractivity contribution in [1.82, 2.24) is 0 Å². The van der Waals surface area contributed by atoms with Crippen LogP contribution in [0.25, 0.3) is 0 Å². The van der Waals surface area contributed by atoms with Crippen molar-refractivity contribution >= 4 is 0 Å². The first-order valence-electron chi connectivity index (χ1n) is 22.0. The minimum absolute atomic E-state index is 0.702. The summed E-state index contributed by atoms with van der Waals surface area (Å²) in [6.45, 7) is 0. The maximum absolute atomic E-state index is 2.53. The first-order valence-corrected chi connectivity index (χ1v) is 22.0. The van der Waals surface area contributed by atoms with E-state index in [0.29, 0.717) is 23.7 Å².